The van der Waals surface area contributed by atoms with Crippen molar-refractivity contribution < 1.29 is 4.74 Å². The molecule has 1 rings (SSSR count). The van der Waals surface area contributed by atoms with Crippen LogP contribution in [0.2, 0.25) is 0 Å². The number of nitrogens with zero attached hydrogens (tertiary/aromatic N) is 2. The predicted molar refractivity (Wildman–Crippen MR) is 72.6 cm³/mol. The fourth-order valence-corrected chi connectivity index (χ4v) is 1.47. The summed E-state index contributed by atoms with van der Waals surface area (Å²) in [5, 5.41) is 7.68. The van der Waals surface area contributed by atoms with Crippen LogP contribution < -0.4 is 16.2 Å². The molecule has 0 bridgehead atoms. The zero-order valence-electron chi connectivity index (χ0n) is 10.7. The molecule has 18 heavy (non-hydrogen) atoms. The Bertz CT molecular complexity index is 440. The third kappa shape index (κ3) is 3.97. The van der Waals surface area contributed by atoms with Crippen molar-refractivity contribution in [3.05, 3.63) is 29.8 Å². The molecular weight excluding hydrogens is 230 g/mol. The van der Waals surface area contributed by atoms with Crippen molar-refractivity contribution in [2.45, 2.75) is 13.5 Å². The van der Waals surface area contributed by atoms with Crippen molar-refractivity contribution in [3.8, 4) is 5.75 Å². The van der Waals surface area contributed by atoms with Gasteiger partial charge in [-0.3, -0.25) is 5.41 Å². The molecule has 0 atom stereocenters. The summed E-state index contributed by atoms with van der Waals surface area (Å²) in [6.07, 6.45) is 0. The number of ether oxygens (including phenoxy) is 1. The molecule has 98 valence electrons. The Kier molecular flexibility index (Phi) is 4.98. The highest BCUT2D eigenvalue weighted by Gasteiger charge is 2.08. The lowest BCUT2D eigenvalue weighted by Gasteiger charge is -2.18. The van der Waals surface area contributed by atoms with E-state index < -0.39 is 0 Å². The molecule has 5 N–H and O–H groups in total. The molecule has 0 saturated carbocycles. The maximum absolute atomic E-state index is 7.68. The summed E-state index contributed by atoms with van der Waals surface area (Å²) in [7, 11) is 1.75. The third-order valence-electron chi connectivity index (χ3n) is 2.28. The van der Waals surface area contributed by atoms with Crippen LogP contribution >= 0.6 is 0 Å². The number of para-hydroxylation sites is 1. The number of nitrogens with one attached hydrogen (secondary N) is 1. The minimum absolute atomic E-state index is 0.0151. The van der Waals surface area contributed by atoms with Gasteiger partial charge in [0.15, 0.2) is 5.96 Å². The fraction of sp³-hybridized carbons (Fsp3) is 0.333. The molecule has 0 unspecified atom stereocenters. The molecule has 0 spiro atoms. The second kappa shape index (κ2) is 6.48. The number of guanidine groups is 2. The van der Waals surface area contributed by atoms with E-state index in [0.717, 1.165) is 11.3 Å². The van der Waals surface area contributed by atoms with Crippen molar-refractivity contribution >= 4 is 11.9 Å². The molecule has 1 aromatic carbocycles. The number of benzene rings is 1. The summed E-state index contributed by atoms with van der Waals surface area (Å²) in [5.74, 6) is 0.704. The maximum atomic E-state index is 7.68. The maximum Gasteiger partial charge on any atom is 0.221 e. The summed E-state index contributed by atoms with van der Waals surface area (Å²) < 4.78 is 5.52. The first-order valence-corrected chi connectivity index (χ1v) is 5.64. The van der Waals surface area contributed by atoms with Crippen molar-refractivity contribution in [1.29, 1.82) is 5.41 Å². The molecule has 0 heterocycles. The van der Waals surface area contributed by atoms with Gasteiger partial charge in [0, 0.05) is 19.2 Å². The van der Waals surface area contributed by atoms with Crippen LogP contribution in [0, 0.1) is 5.41 Å². The largest absolute Gasteiger partial charge is 0.494 e. The first-order chi connectivity index (χ1) is 8.54. The second-order valence-corrected chi connectivity index (χ2v) is 3.76. The average molecular weight is 249 g/mol. The monoisotopic (exact) mass is 249 g/mol. The van der Waals surface area contributed by atoms with Crippen LogP contribution in [0.4, 0.5) is 0 Å². The summed E-state index contributed by atoms with van der Waals surface area (Å²) in [5.41, 5.74) is 11.5. The molecule has 0 aliphatic heterocycles. The van der Waals surface area contributed by atoms with E-state index in [9.17, 15) is 0 Å². The van der Waals surface area contributed by atoms with Gasteiger partial charge in [-0.2, -0.15) is 4.99 Å². The van der Waals surface area contributed by atoms with Gasteiger partial charge >= 0.3 is 0 Å². The first kappa shape index (κ1) is 13.8. The molecule has 6 nitrogen and oxygen atoms in total. The summed E-state index contributed by atoms with van der Waals surface area (Å²) in [6, 6.07) is 7.69. The van der Waals surface area contributed by atoms with Gasteiger partial charge < -0.3 is 21.1 Å². The Labute approximate surface area is 107 Å². The van der Waals surface area contributed by atoms with E-state index in [0.29, 0.717) is 13.2 Å². The smallest absolute Gasteiger partial charge is 0.221 e. The molecule has 0 aliphatic carbocycles. The molecule has 0 saturated heterocycles. The average Bonchev–Trinajstić information content (AvgIpc) is 2.31. The van der Waals surface area contributed by atoms with Gasteiger partial charge in [0.1, 0.15) is 5.75 Å². The number of hydrogen-bond donors (Lipinski definition) is 3. The van der Waals surface area contributed by atoms with E-state index in [1.54, 1.807) is 11.9 Å². The van der Waals surface area contributed by atoms with Crippen molar-refractivity contribution in [2.75, 3.05) is 13.7 Å². The molecule has 0 aliphatic rings. The van der Waals surface area contributed by atoms with Crippen molar-refractivity contribution in [2.24, 2.45) is 16.5 Å². The predicted octanol–water partition coefficient (Wildman–Crippen LogP) is 0.725. The Hall–Kier alpha value is -2.24. The Morgan fingerprint density at radius 3 is 2.67 bits per heavy atom. The van der Waals surface area contributed by atoms with Crippen LogP contribution in [0.15, 0.2) is 29.3 Å². The van der Waals surface area contributed by atoms with Gasteiger partial charge in [-0.25, -0.2) is 0 Å². The molecule has 0 amide bonds. The number of rotatable bonds is 4. The SMILES string of the molecule is CCOc1ccccc1CN(C)C(=N)N=C(N)N. The normalized spacial score (nSPS) is 9.67. The van der Waals surface area contributed by atoms with E-state index >= 15 is 0 Å². The molecule has 0 radical (unpaired) electrons. The van der Waals surface area contributed by atoms with E-state index in [1.165, 1.54) is 0 Å². The van der Waals surface area contributed by atoms with Crippen molar-refractivity contribution in [1.82, 2.24) is 4.90 Å². The van der Waals surface area contributed by atoms with Gasteiger partial charge in [-0.1, -0.05) is 18.2 Å². The van der Waals surface area contributed by atoms with E-state index in [1.807, 2.05) is 31.2 Å². The Morgan fingerprint density at radius 2 is 2.06 bits per heavy atom. The van der Waals surface area contributed by atoms with Gasteiger partial charge in [0.2, 0.25) is 5.96 Å². The highest BCUT2D eigenvalue weighted by Crippen LogP contribution is 2.19. The summed E-state index contributed by atoms with van der Waals surface area (Å²) in [4.78, 5) is 5.33. The standard InChI is InChI=1S/C12H19N5O/c1-3-18-10-7-5-4-6-9(10)8-17(2)12(15)16-11(13)14/h4-7H,3,8H2,1-2H3,(H5,13,14,15,16). The molecule has 1 aromatic rings. The van der Waals surface area contributed by atoms with E-state index in [2.05, 4.69) is 4.99 Å². The highest BCUT2D eigenvalue weighted by atomic mass is 16.5. The molecule has 0 aromatic heterocycles. The van der Waals surface area contributed by atoms with Crippen LogP contribution in [-0.2, 0) is 6.54 Å². The minimum atomic E-state index is -0.120. The Balaban J connectivity index is 2.78. The number of hydrogen-bond acceptors (Lipinski definition) is 2. The first-order valence-electron chi connectivity index (χ1n) is 5.64. The third-order valence-corrected chi connectivity index (χ3v) is 2.28. The zero-order chi connectivity index (χ0) is 13.5. The molecule has 0 fully saturated rings. The van der Waals surface area contributed by atoms with Gasteiger partial charge in [0.05, 0.1) is 6.61 Å². The zero-order valence-corrected chi connectivity index (χ0v) is 10.7. The Morgan fingerprint density at radius 1 is 1.39 bits per heavy atom. The van der Waals surface area contributed by atoms with E-state index in [-0.39, 0.29) is 11.9 Å². The second-order valence-electron chi connectivity index (χ2n) is 3.76. The summed E-state index contributed by atoms with van der Waals surface area (Å²) in [6.45, 7) is 3.04. The summed E-state index contributed by atoms with van der Waals surface area (Å²) >= 11 is 0. The van der Waals surface area contributed by atoms with Crippen LogP contribution in [0.5, 0.6) is 5.75 Å². The van der Waals surface area contributed by atoms with Gasteiger partial charge in [-0.05, 0) is 13.0 Å². The lowest BCUT2D eigenvalue weighted by molar-refractivity contribution is 0.331. The topological polar surface area (TPSA) is 101 Å². The fourth-order valence-electron chi connectivity index (χ4n) is 1.47. The van der Waals surface area contributed by atoms with Crippen LogP contribution in [0.25, 0.3) is 0 Å². The van der Waals surface area contributed by atoms with Gasteiger partial charge in [0.25, 0.3) is 0 Å². The van der Waals surface area contributed by atoms with Crippen LogP contribution in [0.3, 0.4) is 0 Å². The number of aliphatic imine (C=N–C) groups is 1. The van der Waals surface area contributed by atoms with Crippen LogP contribution in [-0.4, -0.2) is 30.5 Å². The van der Waals surface area contributed by atoms with Crippen LogP contribution in [0.1, 0.15) is 12.5 Å². The minimum Gasteiger partial charge on any atom is -0.494 e. The molecular formula is C12H19N5O. The molecule has 6 heteroatoms. The quantitative estimate of drug-likeness (QED) is 0.540. The van der Waals surface area contributed by atoms with E-state index in [4.69, 9.17) is 21.6 Å². The lowest BCUT2D eigenvalue weighted by Crippen LogP contribution is -2.30. The lowest BCUT2D eigenvalue weighted by atomic mass is 10.2. The highest BCUT2D eigenvalue weighted by molar-refractivity contribution is 5.91. The van der Waals surface area contributed by atoms with Gasteiger partial charge in [-0.15, -0.1) is 0 Å². The van der Waals surface area contributed by atoms with Crippen molar-refractivity contribution in [3.63, 3.8) is 0 Å². The number of nitrogens with two attached hydrogens (primary N) is 2.